The van der Waals surface area contributed by atoms with E-state index in [0.717, 1.165) is 29.1 Å². The number of benzene rings is 2. The van der Waals surface area contributed by atoms with Gasteiger partial charge in [-0.1, -0.05) is 32.0 Å². The molecule has 7 nitrogen and oxygen atoms in total. The average Bonchev–Trinajstić information content (AvgIpc) is 3.49. The van der Waals surface area contributed by atoms with E-state index in [1.807, 2.05) is 36.5 Å². The predicted molar refractivity (Wildman–Crippen MR) is 130 cm³/mol. The number of amides is 2. The van der Waals surface area contributed by atoms with Crippen molar-refractivity contribution in [3.05, 3.63) is 77.4 Å². The van der Waals surface area contributed by atoms with Crippen molar-refractivity contribution in [1.29, 1.82) is 5.26 Å². The molecule has 34 heavy (non-hydrogen) atoms. The van der Waals surface area contributed by atoms with Crippen molar-refractivity contribution in [1.82, 2.24) is 9.55 Å². The average molecular weight is 454 g/mol. The van der Waals surface area contributed by atoms with E-state index in [2.05, 4.69) is 41.6 Å². The lowest BCUT2D eigenvalue weighted by Crippen LogP contribution is -2.39. The Kier molecular flexibility index (Phi) is 5.24. The minimum Gasteiger partial charge on any atom is -0.333 e. The number of imidazole rings is 1. The number of anilines is 2. The van der Waals surface area contributed by atoms with Crippen LogP contribution in [0.25, 0.3) is 0 Å². The zero-order valence-electron chi connectivity index (χ0n) is 19.7. The Morgan fingerprint density at radius 1 is 1.24 bits per heavy atom. The molecule has 5 rings (SSSR count). The minimum atomic E-state index is -0.409. The fourth-order valence-corrected chi connectivity index (χ4v) is 5.08. The van der Waals surface area contributed by atoms with Gasteiger partial charge in [0.15, 0.2) is 0 Å². The second kappa shape index (κ2) is 8.14. The molecule has 3 aromatic rings. The predicted octanol–water partition coefficient (Wildman–Crippen LogP) is 3.79. The zero-order valence-corrected chi connectivity index (χ0v) is 19.7. The first kappa shape index (κ1) is 21.9. The molecular weight excluding hydrogens is 426 g/mol. The number of nitrogens with zero attached hydrogens (tertiary/aromatic N) is 5. The van der Waals surface area contributed by atoms with Crippen molar-refractivity contribution in [2.24, 2.45) is 5.92 Å². The quantitative estimate of drug-likeness (QED) is 0.602. The van der Waals surface area contributed by atoms with Crippen molar-refractivity contribution < 1.29 is 9.59 Å². The molecule has 172 valence electrons. The lowest BCUT2D eigenvalue weighted by Gasteiger charge is -2.23. The van der Waals surface area contributed by atoms with Gasteiger partial charge in [-0.3, -0.25) is 9.59 Å². The van der Waals surface area contributed by atoms with Gasteiger partial charge in [-0.25, -0.2) is 4.98 Å². The van der Waals surface area contributed by atoms with Gasteiger partial charge < -0.3 is 14.4 Å². The van der Waals surface area contributed by atoms with Crippen LogP contribution in [0.4, 0.5) is 11.4 Å². The highest BCUT2D eigenvalue weighted by atomic mass is 16.2. The molecule has 3 heterocycles. The molecule has 1 saturated heterocycles. The molecular formula is C27H27N5O2. The number of aryl methyl sites for hydroxylation is 1. The van der Waals surface area contributed by atoms with Crippen LogP contribution in [0.1, 0.15) is 42.7 Å². The molecule has 0 aliphatic carbocycles. The highest BCUT2D eigenvalue weighted by Crippen LogP contribution is 2.42. The minimum absolute atomic E-state index is 0.0166. The maximum Gasteiger partial charge on any atom is 0.232 e. The molecule has 0 bridgehead atoms. The summed E-state index contributed by atoms with van der Waals surface area (Å²) in [6.45, 7) is 7.93. The Morgan fingerprint density at radius 3 is 2.79 bits per heavy atom. The number of fused-ring (bicyclic) bond motifs is 1. The first-order valence-corrected chi connectivity index (χ1v) is 11.5. The Labute approximate surface area is 199 Å². The molecule has 1 aromatic heterocycles. The Morgan fingerprint density at radius 2 is 2.06 bits per heavy atom. The summed E-state index contributed by atoms with van der Waals surface area (Å²) >= 11 is 0. The van der Waals surface area contributed by atoms with E-state index in [1.165, 1.54) is 0 Å². The third kappa shape index (κ3) is 3.86. The lowest BCUT2D eigenvalue weighted by molar-refractivity contribution is -0.124. The van der Waals surface area contributed by atoms with E-state index in [0.29, 0.717) is 24.3 Å². The Hall–Kier alpha value is -3.92. The smallest absolute Gasteiger partial charge is 0.232 e. The monoisotopic (exact) mass is 453 g/mol. The summed E-state index contributed by atoms with van der Waals surface area (Å²) in [6, 6.07) is 15.4. The van der Waals surface area contributed by atoms with Crippen LogP contribution in [0.5, 0.6) is 0 Å². The summed E-state index contributed by atoms with van der Waals surface area (Å²) in [5.74, 6) is -0.510. The summed E-state index contributed by atoms with van der Waals surface area (Å²) in [5.41, 5.74) is 5.21. The van der Waals surface area contributed by atoms with Crippen LogP contribution in [0.3, 0.4) is 0 Å². The maximum absolute atomic E-state index is 13.6. The van der Waals surface area contributed by atoms with E-state index < -0.39 is 5.92 Å². The van der Waals surface area contributed by atoms with E-state index >= 15 is 0 Å². The van der Waals surface area contributed by atoms with Crippen LogP contribution in [0.15, 0.2) is 55.0 Å². The summed E-state index contributed by atoms with van der Waals surface area (Å²) in [5, 5.41) is 9.18. The molecule has 0 radical (unpaired) electrons. The molecule has 2 aliphatic heterocycles. The van der Waals surface area contributed by atoms with Crippen molar-refractivity contribution in [2.75, 3.05) is 22.9 Å². The van der Waals surface area contributed by atoms with Crippen LogP contribution in [0, 0.1) is 24.2 Å². The number of hydrogen-bond donors (Lipinski definition) is 0. The number of aromatic nitrogens is 2. The SMILES string of the molecule is Cc1cn(Cc2ccc3c(c2)C(C)(C)CN3C(=O)[C@H]2CC(=O)N(c3cccc(C#N)c3)C2)cn1. The van der Waals surface area contributed by atoms with Gasteiger partial charge in [0, 0.05) is 49.0 Å². The van der Waals surface area contributed by atoms with E-state index in [9.17, 15) is 14.9 Å². The third-order valence-corrected chi connectivity index (χ3v) is 6.79. The van der Waals surface area contributed by atoms with Gasteiger partial charge in [0.25, 0.3) is 0 Å². The second-order valence-electron chi connectivity index (χ2n) is 9.91. The van der Waals surface area contributed by atoms with Crippen molar-refractivity contribution in [2.45, 2.75) is 39.2 Å². The number of nitriles is 1. The fourth-order valence-electron chi connectivity index (χ4n) is 5.08. The molecule has 1 fully saturated rings. The first-order chi connectivity index (χ1) is 16.2. The van der Waals surface area contributed by atoms with Crippen LogP contribution >= 0.6 is 0 Å². The molecule has 1 atom stereocenters. The molecule has 2 amide bonds. The van der Waals surface area contributed by atoms with Crippen molar-refractivity contribution in [3.8, 4) is 6.07 Å². The van der Waals surface area contributed by atoms with Gasteiger partial charge in [-0.2, -0.15) is 5.26 Å². The highest BCUT2D eigenvalue weighted by molar-refractivity contribution is 6.05. The molecule has 0 saturated carbocycles. The summed E-state index contributed by atoms with van der Waals surface area (Å²) < 4.78 is 2.06. The van der Waals surface area contributed by atoms with Crippen molar-refractivity contribution >= 4 is 23.2 Å². The summed E-state index contributed by atoms with van der Waals surface area (Å²) in [4.78, 5) is 34.1. The van der Waals surface area contributed by atoms with E-state index in [-0.39, 0.29) is 23.7 Å². The largest absolute Gasteiger partial charge is 0.333 e. The van der Waals surface area contributed by atoms with Gasteiger partial charge >= 0.3 is 0 Å². The normalized spacial score (nSPS) is 18.8. The summed E-state index contributed by atoms with van der Waals surface area (Å²) in [6.07, 6.45) is 4.03. The Balaban J connectivity index is 1.37. The van der Waals surface area contributed by atoms with Crippen LogP contribution in [-0.4, -0.2) is 34.5 Å². The lowest BCUT2D eigenvalue weighted by atomic mass is 9.86. The van der Waals surface area contributed by atoms with Gasteiger partial charge in [0.1, 0.15) is 0 Å². The standard InChI is InChI=1S/C27H27N5O2/c1-18-13-30(17-29-18)14-20-7-8-24-23(10-20)27(2,3)16-32(24)26(34)21-11-25(33)31(15-21)22-6-4-5-19(9-22)12-28/h4-10,13,17,21H,11,14-16H2,1-3H3/t21-/m0/s1. The number of rotatable bonds is 4. The second-order valence-corrected chi connectivity index (χ2v) is 9.91. The molecule has 0 N–H and O–H groups in total. The molecule has 0 spiro atoms. The van der Waals surface area contributed by atoms with Crippen LogP contribution in [-0.2, 0) is 21.5 Å². The van der Waals surface area contributed by atoms with Gasteiger partial charge in [0.2, 0.25) is 11.8 Å². The summed E-state index contributed by atoms with van der Waals surface area (Å²) in [7, 11) is 0. The molecule has 2 aliphatic rings. The maximum atomic E-state index is 13.6. The van der Waals surface area contributed by atoms with Gasteiger partial charge in [0.05, 0.1) is 29.6 Å². The highest BCUT2D eigenvalue weighted by Gasteiger charge is 2.43. The van der Waals surface area contributed by atoms with Gasteiger partial charge in [-0.15, -0.1) is 0 Å². The van der Waals surface area contributed by atoms with E-state index in [4.69, 9.17) is 0 Å². The Bertz CT molecular complexity index is 1330. The molecule has 2 aromatic carbocycles. The number of hydrogen-bond acceptors (Lipinski definition) is 4. The van der Waals surface area contributed by atoms with Crippen LogP contribution < -0.4 is 9.80 Å². The third-order valence-electron chi connectivity index (χ3n) is 6.79. The zero-order chi connectivity index (χ0) is 24.0. The molecule has 0 unspecified atom stereocenters. The van der Waals surface area contributed by atoms with Gasteiger partial charge in [-0.05, 0) is 42.3 Å². The fraction of sp³-hybridized carbons (Fsp3) is 0.333. The number of carbonyl (C=O) groups is 2. The molecule has 7 heteroatoms. The van der Waals surface area contributed by atoms with Crippen LogP contribution in [0.2, 0.25) is 0 Å². The van der Waals surface area contributed by atoms with E-state index in [1.54, 1.807) is 23.1 Å². The first-order valence-electron chi connectivity index (χ1n) is 11.5. The van der Waals surface area contributed by atoms with Crippen molar-refractivity contribution in [3.63, 3.8) is 0 Å². The topological polar surface area (TPSA) is 82.2 Å². The number of carbonyl (C=O) groups excluding carboxylic acids is 2.